The summed E-state index contributed by atoms with van der Waals surface area (Å²) >= 11 is 1.97. The quantitative estimate of drug-likeness (QED) is 0.808. The van der Waals surface area contributed by atoms with Gasteiger partial charge in [0.05, 0.1) is 0 Å². The largest absolute Gasteiger partial charge is 0.340 e. The zero-order valence-corrected chi connectivity index (χ0v) is 11.8. The van der Waals surface area contributed by atoms with Crippen LogP contribution < -0.4 is 4.90 Å². The normalized spacial score (nSPS) is 21.4. The highest BCUT2D eigenvalue weighted by molar-refractivity contribution is 7.99. The van der Waals surface area contributed by atoms with Crippen LogP contribution in [0.25, 0.3) is 0 Å². The Balaban J connectivity index is 2.18. The fraction of sp³-hybridized carbons (Fsp3) is 0.692. The first-order chi connectivity index (χ1) is 8.19. The molecule has 4 heteroatoms. The molecule has 0 amide bonds. The maximum atomic E-state index is 4.57. The van der Waals surface area contributed by atoms with E-state index < -0.39 is 0 Å². The lowest BCUT2D eigenvalue weighted by atomic mass is 10.2. The summed E-state index contributed by atoms with van der Waals surface area (Å²) in [5, 5.41) is 0.724. The summed E-state index contributed by atoms with van der Waals surface area (Å²) < 4.78 is 0. The zero-order chi connectivity index (χ0) is 12.3. The Hall–Kier alpha value is -0.770. The van der Waals surface area contributed by atoms with Crippen LogP contribution in [0.4, 0.5) is 5.95 Å². The van der Waals surface area contributed by atoms with E-state index >= 15 is 0 Å². The average molecular weight is 251 g/mol. The van der Waals surface area contributed by atoms with Gasteiger partial charge in [0.25, 0.3) is 0 Å². The van der Waals surface area contributed by atoms with Crippen LogP contribution in [0.2, 0.25) is 0 Å². The van der Waals surface area contributed by atoms with E-state index in [2.05, 4.69) is 21.1 Å². The van der Waals surface area contributed by atoms with Gasteiger partial charge in [0, 0.05) is 29.7 Å². The monoisotopic (exact) mass is 251 g/mol. The molecule has 1 fully saturated rings. The molecule has 0 aromatic carbocycles. The number of rotatable bonds is 2. The molecule has 0 aliphatic carbocycles. The minimum atomic E-state index is 0.724. The highest BCUT2D eigenvalue weighted by Crippen LogP contribution is 2.22. The van der Waals surface area contributed by atoms with E-state index in [1.54, 1.807) is 0 Å². The first-order valence-corrected chi connectivity index (χ1v) is 7.58. The molecule has 94 valence electrons. The Morgan fingerprint density at radius 3 is 2.59 bits per heavy atom. The fourth-order valence-corrected chi connectivity index (χ4v) is 3.06. The number of anilines is 1. The maximum Gasteiger partial charge on any atom is 0.225 e. The van der Waals surface area contributed by atoms with Crippen molar-refractivity contribution in [2.24, 2.45) is 0 Å². The molecule has 0 bridgehead atoms. The molecule has 0 N–H and O–H groups in total. The van der Waals surface area contributed by atoms with Gasteiger partial charge in [-0.25, -0.2) is 9.97 Å². The molecular formula is C13H21N3S. The Morgan fingerprint density at radius 2 is 1.94 bits per heavy atom. The van der Waals surface area contributed by atoms with Crippen molar-refractivity contribution in [1.29, 1.82) is 0 Å². The van der Waals surface area contributed by atoms with Crippen LogP contribution in [-0.4, -0.2) is 34.6 Å². The van der Waals surface area contributed by atoms with Crippen molar-refractivity contribution in [1.82, 2.24) is 9.97 Å². The predicted octanol–water partition coefficient (Wildman–Crippen LogP) is 2.82. The van der Waals surface area contributed by atoms with Crippen molar-refractivity contribution in [2.45, 2.75) is 38.4 Å². The number of nitrogens with zero attached hydrogens (tertiary/aromatic N) is 3. The Labute approximate surface area is 108 Å². The summed E-state index contributed by atoms with van der Waals surface area (Å²) in [5.41, 5.74) is 2.13. The third kappa shape index (κ3) is 3.35. The minimum Gasteiger partial charge on any atom is -0.340 e. The Kier molecular flexibility index (Phi) is 4.26. The van der Waals surface area contributed by atoms with Gasteiger partial charge < -0.3 is 4.90 Å². The molecular weight excluding hydrogens is 230 g/mol. The molecule has 17 heavy (non-hydrogen) atoms. The van der Waals surface area contributed by atoms with Gasteiger partial charge in [0.1, 0.15) is 0 Å². The van der Waals surface area contributed by atoms with Crippen molar-refractivity contribution in [3.8, 4) is 0 Å². The molecule has 1 aromatic rings. The number of aryl methyl sites for hydroxylation is 2. The molecule has 0 spiro atoms. The minimum absolute atomic E-state index is 0.724. The average Bonchev–Trinajstić information content (AvgIpc) is 2.52. The summed E-state index contributed by atoms with van der Waals surface area (Å²) in [6.07, 6.45) is 6.11. The molecule has 0 saturated carbocycles. The first-order valence-electron chi connectivity index (χ1n) is 6.29. The highest BCUT2D eigenvalue weighted by atomic mass is 32.2. The van der Waals surface area contributed by atoms with Crippen LogP contribution in [-0.2, 0) is 0 Å². The van der Waals surface area contributed by atoms with Gasteiger partial charge in [-0.05, 0) is 39.0 Å². The third-order valence-corrected chi connectivity index (χ3v) is 4.27. The van der Waals surface area contributed by atoms with Crippen LogP contribution >= 0.6 is 11.8 Å². The molecule has 1 aliphatic heterocycles. The topological polar surface area (TPSA) is 29.0 Å². The predicted molar refractivity (Wildman–Crippen MR) is 74.9 cm³/mol. The second-order valence-corrected chi connectivity index (χ2v) is 5.89. The van der Waals surface area contributed by atoms with Crippen molar-refractivity contribution < 1.29 is 0 Å². The fourth-order valence-electron chi connectivity index (χ4n) is 2.33. The molecule has 0 radical (unpaired) electrons. The summed E-state index contributed by atoms with van der Waals surface area (Å²) in [5.74, 6) is 0.920. The first kappa shape index (κ1) is 12.7. The summed E-state index contributed by atoms with van der Waals surface area (Å²) in [6, 6.07) is 2.04. The van der Waals surface area contributed by atoms with E-state index in [4.69, 9.17) is 0 Å². The summed E-state index contributed by atoms with van der Waals surface area (Å²) in [7, 11) is 0. The molecule has 1 aliphatic rings. The lowest BCUT2D eigenvalue weighted by Crippen LogP contribution is -2.31. The second kappa shape index (κ2) is 5.71. The number of hydrogen-bond donors (Lipinski definition) is 0. The molecule has 1 saturated heterocycles. The van der Waals surface area contributed by atoms with Gasteiger partial charge in [0.2, 0.25) is 5.95 Å². The summed E-state index contributed by atoms with van der Waals surface area (Å²) in [6.45, 7) is 6.27. The lowest BCUT2D eigenvalue weighted by molar-refractivity contribution is 0.735. The summed E-state index contributed by atoms with van der Waals surface area (Å²) in [4.78, 5) is 11.5. The van der Waals surface area contributed by atoms with Crippen molar-refractivity contribution >= 4 is 17.7 Å². The zero-order valence-electron chi connectivity index (χ0n) is 10.9. The van der Waals surface area contributed by atoms with Crippen molar-refractivity contribution in [3.63, 3.8) is 0 Å². The van der Waals surface area contributed by atoms with Gasteiger partial charge in [0.15, 0.2) is 0 Å². The van der Waals surface area contributed by atoms with E-state index in [1.807, 2.05) is 31.7 Å². The molecule has 1 atom stereocenters. The van der Waals surface area contributed by atoms with E-state index in [0.29, 0.717) is 0 Å². The van der Waals surface area contributed by atoms with E-state index in [9.17, 15) is 0 Å². The third-order valence-electron chi connectivity index (χ3n) is 3.21. The van der Waals surface area contributed by atoms with E-state index in [1.165, 1.54) is 19.3 Å². The van der Waals surface area contributed by atoms with Crippen LogP contribution in [0.3, 0.4) is 0 Å². The number of thioether (sulfide) groups is 1. The van der Waals surface area contributed by atoms with Gasteiger partial charge in [-0.15, -0.1) is 0 Å². The number of hydrogen-bond acceptors (Lipinski definition) is 4. The number of aromatic nitrogens is 2. The SMILES string of the molecule is CSC1CCCCN(c2nc(C)cc(C)n2)C1. The van der Waals surface area contributed by atoms with Crippen LogP contribution in [0.5, 0.6) is 0 Å². The lowest BCUT2D eigenvalue weighted by Gasteiger charge is -2.24. The van der Waals surface area contributed by atoms with Crippen LogP contribution in [0.15, 0.2) is 6.07 Å². The maximum absolute atomic E-state index is 4.57. The second-order valence-electron chi connectivity index (χ2n) is 4.75. The molecule has 2 heterocycles. The standard InChI is InChI=1S/C13H21N3S/c1-10-8-11(2)15-13(14-10)16-7-5-4-6-12(9-16)17-3/h8,12H,4-7,9H2,1-3H3. The molecule has 2 rings (SSSR count). The van der Waals surface area contributed by atoms with Crippen LogP contribution in [0.1, 0.15) is 30.7 Å². The van der Waals surface area contributed by atoms with E-state index in [-0.39, 0.29) is 0 Å². The molecule has 1 aromatic heterocycles. The Morgan fingerprint density at radius 1 is 1.24 bits per heavy atom. The van der Waals surface area contributed by atoms with Crippen molar-refractivity contribution in [3.05, 3.63) is 17.5 Å². The molecule has 1 unspecified atom stereocenters. The van der Waals surface area contributed by atoms with Gasteiger partial charge in [-0.1, -0.05) is 6.42 Å². The Bertz CT molecular complexity index is 361. The smallest absolute Gasteiger partial charge is 0.225 e. The van der Waals surface area contributed by atoms with Gasteiger partial charge in [-0.2, -0.15) is 11.8 Å². The molecule has 3 nitrogen and oxygen atoms in total. The highest BCUT2D eigenvalue weighted by Gasteiger charge is 2.19. The van der Waals surface area contributed by atoms with Gasteiger partial charge in [-0.3, -0.25) is 0 Å². The van der Waals surface area contributed by atoms with Crippen LogP contribution in [0, 0.1) is 13.8 Å². The van der Waals surface area contributed by atoms with E-state index in [0.717, 1.165) is 35.7 Å². The van der Waals surface area contributed by atoms with Gasteiger partial charge >= 0.3 is 0 Å². The van der Waals surface area contributed by atoms with Crippen molar-refractivity contribution in [2.75, 3.05) is 24.2 Å².